The molecule has 1 saturated heterocycles. The predicted octanol–water partition coefficient (Wildman–Crippen LogP) is 4.18. The highest BCUT2D eigenvalue weighted by Crippen LogP contribution is 2.21. The second-order valence-electron chi connectivity index (χ2n) is 8.56. The maximum atomic E-state index is 13.2. The molecule has 5 heteroatoms. The Kier molecular flexibility index (Phi) is 5.82. The summed E-state index contributed by atoms with van der Waals surface area (Å²) in [6.45, 7) is 9.03. The van der Waals surface area contributed by atoms with Gasteiger partial charge in [0.05, 0.1) is 11.3 Å². The summed E-state index contributed by atoms with van der Waals surface area (Å²) in [6.07, 6.45) is 2.30. The maximum absolute atomic E-state index is 13.2. The van der Waals surface area contributed by atoms with Crippen molar-refractivity contribution in [2.45, 2.75) is 46.2 Å². The van der Waals surface area contributed by atoms with Crippen molar-refractivity contribution in [3.05, 3.63) is 81.3 Å². The third kappa shape index (κ3) is 4.08. The van der Waals surface area contributed by atoms with Crippen molar-refractivity contribution < 1.29 is 0 Å². The van der Waals surface area contributed by atoms with Gasteiger partial charge in [-0.1, -0.05) is 24.3 Å². The van der Waals surface area contributed by atoms with Gasteiger partial charge in [0.15, 0.2) is 0 Å². The van der Waals surface area contributed by atoms with Crippen LogP contribution in [0.5, 0.6) is 0 Å². The van der Waals surface area contributed by atoms with Gasteiger partial charge in [-0.2, -0.15) is 0 Å². The van der Waals surface area contributed by atoms with Crippen LogP contribution in [0.15, 0.2) is 53.3 Å². The molecule has 3 aromatic rings. The smallest absolute Gasteiger partial charge is 0.276 e. The number of nitrogens with one attached hydrogen (secondary N) is 1. The van der Waals surface area contributed by atoms with E-state index >= 15 is 0 Å². The van der Waals surface area contributed by atoms with E-state index in [-0.39, 0.29) is 5.56 Å². The summed E-state index contributed by atoms with van der Waals surface area (Å²) in [5.41, 5.74) is 6.75. The molecule has 1 N–H and O–H groups in total. The minimum absolute atomic E-state index is 0.0884. The Labute approximate surface area is 178 Å². The monoisotopic (exact) mass is 404 g/mol. The molecule has 0 radical (unpaired) electrons. The fraction of sp³-hybridized carbons (Fsp3) is 0.400. The van der Waals surface area contributed by atoms with Crippen molar-refractivity contribution in [3.8, 4) is 5.69 Å². The van der Waals surface area contributed by atoms with E-state index in [1.807, 2.05) is 49.0 Å². The normalized spacial score (nSPS) is 17.3. The van der Waals surface area contributed by atoms with E-state index in [1.165, 1.54) is 16.8 Å². The van der Waals surface area contributed by atoms with E-state index in [4.69, 9.17) is 0 Å². The zero-order valence-corrected chi connectivity index (χ0v) is 18.5. The number of hydrogen-bond donors (Lipinski definition) is 1. The third-order valence-electron chi connectivity index (χ3n) is 6.44. The van der Waals surface area contributed by atoms with Crippen LogP contribution in [0.25, 0.3) is 5.69 Å². The molecule has 2 heterocycles. The number of benzene rings is 2. The Bertz CT molecular complexity index is 1080. The summed E-state index contributed by atoms with van der Waals surface area (Å²) in [5.74, 6) is 0. The molecule has 1 aliphatic rings. The summed E-state index contributed by atoms with van der Waals surface area (Å²) in [4.78, 5) is 15.6. The van der Waals surface area contributed by atoms with Gasteiger partial charge in [0, 0.05) is 37.6 Å². The van der Waals surface area contributed by atoms with Gasteiger partial charge in [-0.15, -0.1) is 0 Å². The first-order valence-corrected chi connectivity index (χ1v) is 10.8. The molecule has 1 unspecified atom stereocenters. The Morgan fingerprint density at radius 1 is 1.03 bits per heavy atom. The zero-order chi connectivity index (χ0) is 21.3. The van der Waals surface area contributed by atoms with Gasteiger partial charge in [-0.3, -0.25) is 14.4 Å². The number of aromatic nitrogens is 2. The van der Waals surface area contributed by atoms with Crippen LogP contribution in [-0.4, -0.2) is 33.4 Å². The minimum Gasteiger partial charge on any atom is -0.381 e. The molecule has 1 fully saturated rings. The van der Waals surface area contributed by atoms with Gasteiger partial charge < -0.3 is 5.32 Å². The SMILES string of the molecule is Cc1ccc(NC2CCCN(Cc3c(C)n(C)n(-c4ccccc4)c3=O)C2)cc1C. The summed E-state index contributed by atoms with van der Waals surface area (Å²) in [5, 5.41) is 3.71. The quantitative estimate of drug-likeness (QED) is 0.694. The molecule has 2 aromatic carbocycles. The first-order valence-electron chi connectivity index (χ1n) is 10.8. The Morgan fingerprint density at radius 3 is 2.53 bits per heavy atom. The number of piperidine rings is 1. The molecule has 1 atom stereocenters. The molecule has 5 nitrogen and oxygen atoms in total. The predicted molar refractivity (Wildman–Crippen MR) is 124 cm³/mol. The minimum atomic E-state index is 0.0884. The van der Waals surface area contributed by atoms with Crippen LogP contribution in [0.2, 0.25) is 0 Å². The number of anilines is 1. The number of para-hydroxylation sites is 1. The average Bonchev–Trinajstić information content (AvgIpc) is 2.95. The Balaban J connectivity index is 1.50. The van der Waals surface area contributed by atoms with Gasteiger partial charge in [0.2, 0.25) is 0 Å². The van der Waals surface area contributed by atoms with Crippen LogP contribution < -0.4 is 10.9 Å². The molecular formula is C25H32N4O. The molecule has 0 saturated carbocycles. The van der Waals surface area contributed by atoms with Gasteiger partial charge in [0.25, 0.3) is 5.56 Å². The van der Waals surface area contributed by atoms with Crippen LogP contribution in [0, 0.1) is 20.8 Å². The Hall–Kier alpha value is -2.79. The van der Waals surface area contributed by atoms with Gasteiger partial charge in [-0.25, -0.2) is 4.68 Å². The molecule has 0 amide bonds. The highest BCUT2D eigenvalue weighted by molar-refractivity contribution is 5.49. The van der Waals surface area contributed by atoms with Crippen molar-refractivity contribution in [2.75, 3.05) is 18.4 Å². The maximum Gasteiger partial charge on any atom is 0.276 e. The van der Waals surface area contributed by atoms with E-state index in [0.717, 1.165) is 42.9 Å². The van der Waals surface area contributed by atoms with E-state index < -0.39 is 0 Å². The van der Waals surface area contributed by atoms with E-state index in [9.17, 15) is 4.79 Å². The number of hydrogen-bond acceptors (Lipinski definition) is 3. The highest BCUT2D eigenvalue weighted by Gasteiger charge is 2.23. The first kappa shape index (κ1) is 20.5. The molecule has 0 aliphatic carbocycles. The van der Waals surface area contributed by atoms with Crippen LogP contribution >= 0.6 is 0 Å². The first-order chi connectivity index (χ1) is 14.4. The molecule has 0 spiro atoms. The molecule has 158 valence electrons. The molecule has 1 aromatic heterocycles. The summed E-state index contributed by atoms with van der Waals surface area (Å²) in [6, 6.07) is 16.9. The standard InChI is InChI=1S/C25H32N4O/c1-18-12-13-21(15-19(18)2)26-22-9-8-14-28(16-22)17-24-20(3)27(4)29(25(24)30)23-10-6-5-7-11-23/h5-7,10-13,15,22,26H,8-9,14,16-17H2,1-4H3. The topological polar surface area (TPSA) is 42.2 Å². The average molecular weight is 405 g/mol. The van der Waals surface area contributed by atoms with Crippen molar-refractivity contribution in [2.24, 2.45) is 7.05 Å². The summed E-state index contributed by atoms with van der Waals surface area (Å²) in [7, 11) is 1.97. The fourth-order valence-electron chi connectivity index (χ4n) is 4.41. The van der Waals surface area contributed by atoms with Crippen molar-refractivity contribution in [3.63, 3.8) is 0 Å². The summed E-state index contributed by atoms with van der Waals surface area (Å²) >= 11 is 0. The summed E-state index contributed by atoms with van der Waals surface area (Å²) < 4.78 is 3.75. The van der Waals surface area contributed by atoms with E-state index in [2.05, 4.69) is 42.3 Å². The molecule has 30 heavy (non-hydrogen) atoms. The van der Waals surface area contributed by atoms with Gasteiger partial charge in [0.1, 0.15) is 0 Å². The fourth-order valence-corrected chi connectivity index (χ4v) is 4.41. The lowest BCUT2D eigenvalue weighted by Gasteiger charge is -2.33. The highest BCUT2D eigenvalue weighted by atomic mass is 16.1. The lowest BCUT2D eigenvalue weighted by atomic mass is 10.0. The molecular weight excluding hydrogens is 372 g/mol. The second-order valence-corrected chi connectivity index (χ2v) is 8.56. The lowest BCUT2D eigenvalue weighted by Crippen LogP contribution is -2.42. The molecule has 4 rings (SSSR count). The largest absolute Gasteiger partial charge is 0.381 e. The number of aryl methyl sites for hydroxylation is 2. The van der Waals surface area contributed by atoms with E-state index in [1.54, 1.807) is 4.68 Å². The number of nitrogens with zero attached hydrogens (tertiary/aromatic N) is 3. The zero-order valence-electron chi connectivity index (χ0n) is 18.5. The number of rotatable bonds is 5. The second kappa shape index (κ2) is 8.52. The van der Waals surface area contributed by atoms with E-state index in [0.29, 0.717) is 12.6 Å². The third-order valence-corrected chi connectivity index (χ3v) is 6.44. The van der Waals surface area contributed by atoms with Crippen LogP contribution in [0.1, 0.15) is 35.2 Å². The molecule has 0 bridgehead atoms. The van der Waals surface area contributed by atoms with Crippen LogP contribution in [0.4, 0.5) is 5.69 Å². The molecule has 1 aliphatic heterocycles. The van der Waals surface area contributed by atoms with Gasteiger partial charge >= 0.3 is 0 Å². The lowest BCUT2D eigenvalue weighted by molar-refractivity contribution is 0.207. The Morgan fingerprint density at radius 2 is 1.80 bits per heavy atom. The van der Waals surface area contributed by atoms with Crippen LogP contribution in [0.3, 0.4) is 0 Å². The van der Waals surface area contributed by atoms with Crippen LogP contribution in [-0.2, 0) is 13.6 Å². The van der Waals surface area contributed by atoms with Crippen molar-refractivity contribution in [1.29, 1.82) is 0 Å². The van der Waals surface area contributed by atoms with Gasteiger partial charge in [-0.05, 0) is 75.5 Å². The van der Waals surface area contributed by atoms with Crippen molar-refractivity contribution in [1.82, 2.24) is 14.3 Å². The van der Waals surface area contributed by atoms with Crippen molar-refractivity contribution >= 4 is 5.69 Å². The number of likely N-dealkylation sites (tertiary alicyclic amines) is 1.